The molecule has 0 aliphatic heterocycles. The molecular formula is C9H7FN2O2. The van der Waals surface area contributed by atoms with E-state index in [0.717, 1.165) is 12.3 Å². The fourth-order valence-electron chi connectivity index (χ4n) is 0.878. The number of hydrogen-bond donors (Lipinski definition) is 0. The minimum absolute atomic E-state index is 0.0175. The van der Waals surface area contributed by atoms with Crippen LogP contribution >= 0.6 is 0 Å². The second-order valence-electron chi connectivity index (χ2n) is 2.53. The Balaban J connectivity index is 2.90. The molecule has 4 nitrogen and oxygen atoms in total. The summed E-state index contributed by atoms with van der Waals surface area (Å²) >= 11 is 0. The van der Waals surface area contributed by atoms with Crippen molar-refractivity contribution >= 4 is 5.97 Å². The van der Waals surface area contributed by atoms with E-state index in [-0.39, 0.29) is 17.7 Å². The number of pyridine rings is 1. The van der Waals surface area contributed by atoms with Crippen LogP contribution in [0.3, 0.4) is 0 Å². The van der Waals surface area contributed by atoms with Gasteiger partial charge < -0.3 is 4.74 Å². The SMILES string of the molecule is COC(=O)Cc1cnc(C#N)cc1F. The van der Waals surface area contributed by atoms with Crippen LogP contribution in [0.15, 0.2) is 12.3 Å². The third kappa shape index (κ3) is 2.26. The van der Waals surface area contributed by atoms with Crippen molar-refractivity contribution in [1.29, 1.82) is 5.26 Å². The van der Waals surface area contributed by atoms with E-state index < -0.39 is 11.8 Å². The van der Waals surface area contributed by atoms with Crippen molar-refractivity contribution in [1.82, 2.24) is 4.98 Å². The molecule has 0 amide bonds. The summed E-state index contributed by atoms with van der Waals surface area (Å²) in [6.07, 6.45) is 0.978. The fourth-order valence-corrected chi connectivity index (χ4v) is 0.878. The van der Waals surface area contributed by atoms with Crippen LogP contribution in [0.25, 0.3) is 0 Å². The first-order valence-electron chi connectivity index (χ1n) is 3.78. The van der Waals surface area contributed by atoms with E-state index in [4.69, 9.17) is 5.26 Å². The maximum absolute atomic E-state index is 13.1. The van der Waals surface area contributed by atoms with E-state index in [1.54, 1.807) is 6.07 Å². The topological polar surface area (TPSA) is 63.0 Å². The Hall–Kier alpha value is -1.96. The third-order valence-electron chi connectivity index (χ3n) is 1.61. The molecule has 0 bridgehead atoms. The maximum Gasteiger partial charge on any atom is 0.310 e. The first-order valence-corrected chi connectivity index (χ1v) is 3.78. The molecule has 14 heavy (non-hydrogen) atoms. The highest BCUT2D eigenvalue weighted by molar-refractivity contribution is 5.72. The van der Waals surface area contributed by atoms with Crippen LogP contribution in [0.2, 0.25) is 0 Å². The maximum atomic E-state index is 13.1. The zero-order valence-corrected chi connectivity index (χ0v) is 7.45. The van der Waals surface area contributed by atoms with Crippen LogP contribution in [0.5, 0.6) is 0 Å². The third-order valence-corrected chi connectivity index (χ3v) is 1.61. The molecule has 0 atom stereocenters. The van der Waals surface area contributed by atoms with Crippen LogP contribution in [-0.2, 0) is 16.0 Å². The number of halogens is 1. The molecule has 1 rings (SSSR count). The molecule has 0 unspecified atom stereocenters. The van der Waals surface area contributed by atoms with Gasteiger partial charge in [-0.1, -0.05) is 0 Å². The molecule has 0 N–H and O–H groups in total. The highest BCUT2D eigenvalue weighted by Gasteiger charge is 2.09. The Morgan fingerprint density at radius 2 is 2.50 bits per heavy atom. The summed E-state index contributed by atoms with van der Waals surface area (Å²) in [4.78, 5) is 14.4. The first-order chi connectivity index (χ1) is 6.67. The summed E-state index contributed by atoms with van der Waals surface area (Å²) < 4.78 is 17.5. The number of carbonyl (C=O) groups is 1. The smallest absolute Gasteiger partial charge is 0.310 e. The van der Waals surface area contributed by atoms with Gasteiger partial charge in [0, 0.05) is 17.8 Å². The molecule has 5 heteroatoms. The fraction of sp³-hybridized carbons (Fsp3) is 0.222. The molecule has 0 saturated heterocycles. The lowest BCUT2D eigenvalue weighted by molar-refractivity contribution is -0.139. The zero-order valence-electron chi connectivity index (χ0n) is 7.45. The molecule has 1 heterocycles. The predicted octanol–water partition coefficient (Wildman–Crippen LogP) is 0.808. The predicted molar refractivity (Wildman–Crippen MR) is 44.6 cm³/mol. The van der Waals surface area contributed by atoms with Gasteiger partial charge in [-0.25, -0.2) is 9.37 Å². The minimum atomic E-state index is -0.623. The van der Waals surface area contributed by atoms with Gasteiger partial charge in [-0.2, -0.15) is 5.26 Å². The van der Waals surface area contributed by atoms with Crippen LogP contribution in [0.4, 0.5) is 4.39 Å². The Morgan fingerprint density at radius 3 is 3.00 bits per heavy atom. The Kier molecular flexibility index (Phi) is 3.13. The summed E-state index contributed by atoms with van der Waals surface area (Å²) in [5, 5.41) is 8.41. The van der Waals surface area contributed by atoms with Crippen LogP contribution in [0.1, 0.15) is 11.3 Å². The van der Waals surface area contributed by atoms with Gasteiger partial charge in [0.1, 0.15) is 17.6 Å². The molecule has 1 aromatic rings. The van der Waals surface area contributed by atoms with Gasteiger partial charge in [-0.05, 0) is 0 Å². The van der Waals surface area contributed by atoms with Crippen molar-refractivity contribution in [2.75, 3.05) is 7.11 Å². The van der Waals surface area contributed by atoms with E-state index >= 15 is 0 Å². The monoisotopic (exact) mass is 194 g/mol. The van der Waals surface area contributed by atoms with Crippen molar-refractivity contribution in [3.8, 4) is 6.07 Å². The molecule has 0 spiro atoms. The lowest BCUT2D eigenvalue weighted by atomic mass is 10.2. The van der Waals surface area contributed by atoms with Gasteiger partial charge >= 0.3 is 5.97 Å². The summed E-state index contributed by atoms with van der Waals surface area (Å²) in [7, 11) is 1.22. The summed E-state index contributed by atoms with van der Waals surface area (Å²) in [6, 6.07) is 2.68. The average Bonchev–Trinajstić information content (AvgIpc) is 2.20. The number of aromatic nitrogens is 1. The molecule has 0 aromatic carbocycles. The molecule has 0 fully saturated rings. The normalized spacial score (nSPS) is 9.21. The van der Waals surface area contributed by atoms with Gasteiger partial charge in [0.05, 0.1) is 13.5 Å². The van der Waals surface area contributed by atoms with E-state index in [2.05, 4.69) is 9.72 Å². The highest BCUT2D eigenvalue weighted by atomic mass is 19.1. The average molecular weight is 194 g/mol. The highest BCUT2D eigenvalue weighted by Crippen LogP contribution is 2.08. The Labute approximate surface area is 79.9 Å². The lowest BCUT2D eigenvalue weighted by Gasteiger charge is -2.00. The van der Waals surface area contributed by atoms with Gasteiger partial charge in [0.2, 0.25) is 0 Å². The number of methoxy groups -OCH3 is 1. The summed E-state index contributed by atoms with van der Waals surface area (Å²) in [5.74, 6) is -1.17. The van der Waals surface area contributed by atoms with E-state index in [9.17, 15) is 9.18 Å². The number of hydrogen-bond acceptors (Lipinski definition) is 4. The number of ether oxygens (including phenoxy) is 1. The number of carbonyl (C=O) groups excluding carboxylic acids is 1. The van der Waals surface area contributed by atoms with Crippen molar-refractivity contribution in [3.05, 3.63) is 29.3 Å². The largest absolute Gasteiger partial charge is 0.469 e. The van der Waals surface area contributed by atoms with Crippen LogP contribution < -0.4 is 0 Å². The molecule has 1 aromatic heterocycles. The Bertz CT molecular complexity index is 398. The van der Waals surface area contributed by atoms with Gasteiger partial charge in [0.25, 0.3) is 0 Å². The van der Waals surface area contributed by atoms with Crippen LogP contribution in [0, 0.1) is 17.1 Å². The molecular weight excluding hydrogens is 187 g/mol. The number of rotatable bonds is 2. The molecule has 72 valence electrons. The Morgan fingerprint density at radius 1 is 1.79 bits per heavy atom. The first kappa shape index (κ1) is 10.1. The van der Waals surface area contributed by atoms with Crippen molar-refractivity contribution < 1.29 is 13.9 Å². The zero-order chi connectivity index (χ0) is 10.6. The number of nitrogens with zero attached hydrogens (tertiary/aromatic N) is 2. The second-order valence-corrected chi connectivity index (χ2v) is 2.53. The standard InChI is InChI=1S/C9H7FN2O2/c1-14-9(13)2-6-5-12-7(4-11)3-8(6)10/h3,5H,2H2,1H3. The molecule has 0 saturated carbocycles. The van der Waals surface area contributed by atoms with Crippen LogP contribution in [-0.4, -0.2) is 18.1 Å². The van der Waals surface area contributed by atoms with Gasteiger partial charge in [-0.3, -0.25) is 4.79 Å². The van der Waals surface area contributed by atoms with Gasteiger partial charge in [-0.15, -0.1) is 0 Å². The molecule has 0 aliphatic rings. The van der Waals surface area contributed by atoms with E-state index in [1.165, 1.54) is 7.11 Å². The van der Waals surface area contributed by atoms with Gasteiger partial charge in [0.15, 0.2) is 0 Å². The van der Waals surface area contributed by atoms with E-state index in [0.29, 0.717) is 0 Å². The van der Waals surface area contributed by atoms with Crippen molar-refractivity contribution in [3.63, 3.8) is 0 Å². The van der Waals surface area contributed by atoms with Crippen molar-refractivity contribution in [2.24, 2.45) is 0 Å². The van der Waals surface area contributed by atoms with E-state index in [1.807, 2.05) is 0 Å². The lowest BCUT2D eigenvalue weighted by Crippen LogP contribution is -2.07. The van der Waals surface area contributed by atoms with Crippen molar-refractivity contribution in [2.45, 2.75) is 6.42 Å². The molecule has 0 radical (unpaired) electrons. The minimum Gasteiger partial charge on any atom is -0.469 e. The number of esters is 1. The summed E-state index contributed by atoms with van der Waals surface area (Å²) in [5.41, 5.74) is 0.104. The quantitative estimate of drug-likeness (QED) is 0.653. The molecule has 0 aliphatic carbocycles. The summed E-state index contributed by atoms with van der Waals surface area (Å²) in [6.45, 7) is 0. The second kappa shape index (κ2) is 4.33. The number of nitriles is 1.